The molecule has 18 heavy (non-hydrogen) atoms. The fourth-order valence-corrected chi connectivity index (χ4v) is 4.82. The maximum absolute atomic E-state index is 12.3. The van der Waals surface area contributed by atoms with Gasteiger partial charge in [0.15, 0.2) is 0 Å². The van der Waals surface area contributed by atoms with Crippen LogP contribution in [-0.2, 0) is 9.84 Å². The van der Waals surface area contributed by atoms with Gasteiger partial charge in [-0.3, -0.25) is 4.79 Å². The molecule has 0 bridgehead atoms. The third-order valence-electron chi connectivity index (χ3n) is 2.39. The van der Waals surface area contributed by atoms with Crippen LogP contribution in [0.3, 0.4) is 0 Å². The van der Waals surface area contributed by atoms with E-state index in [4.69, 9.17) is 11.6 Å². The summed E-state index contributed by atoms with van der Waals surface area (Å²) < 4.78 is 25.1. The molecule has 0 aromatic carbocycles. The highest BCUT2D eigenvalue weighted by Gasteiger charge is 2.25. The molecule has 0 amide bonds. The average molecular weight is 304 g/mol. The Kier molecular flexibility index (Phi) is 3.35. The summed E-state index contributed by atoms with van der Waals surface area (Å²) in [6.07, 6.45) is 0. The van der Waals surface area contributed by atoms with Crippen LogP contribution in [0.25, 0.3) is 0 Å². The summed E-state index contributed by atoms with van der Waals surface area (Å²) in [5, 5.41) is 0. The quantitative estimate of drug-likeness (QED) is 0.927. The minimum atomic E-state index is -3.81. The highest BCUT2D eigenvalue weighted by molar-refractivity contribution is 7.93. The molecule has 0 atom stereocenters. The Morgan fingerprint density at radius 3 is 2.44 bits per heavy atom. The maximum atomic E-state index is 12.3. The zero-order chi connectivity index (χ0) is 13.5. The van der Waals surface area contributed by atoms with Crippen LogP contribution in [0.5, 0.6) is 0 Å². The SMILES string of the molecule is Cc1cc(C)c(S(=O)(=O)c2ccc(Cl)s2)c(=O)[nH]1. The summed E-state index contributed by atoms with van der Waals surface area (Å²) in [6.45, 7) is 3.30. The Hall–Kier alpha value is -1.11. The van der Waals surface area contributed by atoms with Gasteiger partial charge in [-0.1, -0.05) is 11.6 Å². The van der Waals surface area contributed by atoms with Crippen LogP contribution < -0.4 is 5.56 Å². The number of thiophene rings is 1. The molecule has 0 saturated carbocycles. The van der Waals surface area contributed by atoms with Crippen molar-refractivity contribution in [3.05, 3.63) is 44.1 Å². The first kappa shape index (κ1) is 13.3. The molecule has 7 heteroatoms. The summed E-state index contributed by atoms with van der Waals surface area (Å²) in [7, 11) is -3.81. The number of H-pyrrole nitrogens is 1. The molecule has 2 rings (SSSR count). The number of aromatic nitrogens is 1. The minimum Gasteiger partial charge on any atom is -0.325 e. The van der Waals surface area contributed by atoms with Crippen LogP contribution >= 0.6 is 22.9 Å². The van der Waals surface area contributed by atoms with Crippen LogP contribution in [-0.4, -0.2) is 13.4 Å². The molecule has 96 valence electrons. The minimum absolute atomic E-state index is 0.0740. The topological polar surface area (TPSA) is 67.0 Å². The lowest BCUT2D eigenvalue weighted by Crippen LogP contribution is -2.19. The zero-order valence-electron chi connectivity index (χ0n) is 9.65. The first-order chi connectivity index (χ1) is 8.32. The number of hydrogen-bond acceptors (Lipinski definition) is 4. The van der Waals surface area contributed by atoms with E-state index in [0.717, 1.165) is 11.3 Å². The number of halogens is 1. The van der Waals surface area contributed by atoms with Crippen molar-refractivity contribution in [3.8, 4) is 0 Å². The van der Waals surface area contributed by atoms with E-state index in [9.17, 15) is 13.2 Å². The van der Waals surface area contributed by atoms with Crippen LogP contribution in [0.15, 0.2) is 32.1 Å². The van der Waals surface area contributed by atoms with E-state index in [1.54, 1.807) is 19.9 Å². The van der Waals surface area contributed by atoms with Crippen LogP contribution in [0.4, 0.5) is 0 Å². The monoisotopic (exact) mass is 303 g/mol. The van der Waals surface area contributed by atoms with Gasteiger partial charge in [0.2, 0.25) is 9.84 Å². The first-order valence-electron chi connectivity index (χ1n) is 5.03. The van der Waals surface area contributed by atoms with Gasteiger partial charge in [-0.2, -0.15) is 0 Å². The third-order valence-corrected chi connectivity index (χ3v) is 6.03. The maximum Gasteiger partial charge on any atom is 0.267 e. The number of rotatable bonds is 2. The summed E-state index contributed by atoms with van der Waals surface area (Å²) in [4.78, 5) is 14.1. The number of hydrogen-bond donors (Lipinski definition) is 1. The van der Waals surface area contributed by atoms with Gasteiger partial charge in [0, 0.05) is 5.69 Å². The van der Waals surface area contributed by atoms with Crippen molar-refractivity contribution in [1.82, 2.24) is 4.98 Å². The molecule has 1 N–H and O–H groups in total. The highest BCUT2D eigenvalue weighted by Crippen LogP contribution is 2.30. The van der Waals surface area contributed by atoms with Crippen LogP contribution in [0, 0.1) is 13.8 Å². The molecule has 4 nitrogen and oxygen atoms in total. The molecule has 0 aliphatic carbocycles. The van der Waals surface area contributed by atoms with Crippen molar-refractivity contribution >= 4 is 32.8 Å². The predicted molar refractivity (Wildman–Crippen MR) is 71.3 cm³/mol. The molecule has 2 aromatic rings. The van der Waals surface area contributed by atoms with Gasteiger partial charge < -0.3 is 4.98 Å². The van der Waals surface area contributed by atoms with E-state index in [0.29, 0.717) is 15.6 Å². The molecule has 2 aromatic heterocycles. The summed E-state index contributed by atoms with van der Waals surface area (Å²) in [5.41, 5.74) is 0.457. The number of pyridine rings is 1. The van der Waals surface area contributed by atoms with Gasteiger partial charge in [0.05, 0.1) is 4.34 Å². The van der Waals surface area contributed by atoms with Crippen LogP contribution in [0.1, 0.15) is 11.3 Å². The smallest absolute Gasteiger partial charge is 0.267 e. The second-order valence-corrected chi connectivity index (χ2v) is 7.68. The van der Waals surface area contributed by atoms with Crippen molar-refractivity contribution in [1.29, 1.82) is 0 Å². The van der Waals surface area contributed by atoms with Gasteiger partial charge >= 0.3 is 0 Å². The van der Waals surface area contributed by atoms with Gasteiger partial charge in [-0.25, -0.2) is 8.42 Å². The predicted octanol–water partition coefficient (Wildman–Crippen LogP) is 2.54. The fraction of sp³-hybridized carbons (Fsp3) is 0.182. The molecule has 0 unspecified atom stereocenters. The van der Waals surface area contributed by atoms with E-state index in [1.165, 1.54) is 12.1 Å². The Morgan fingerprint density at radius 2 is 1.94 bits per heavy atom. The second-order valence-electron chi connectivity index (χ2n) is 3.86. The van der Waals surface area contributed by atoms with Gasteiger partial charge in [0.25, 0.3) is 5.56 Å². The normalized spacial score (nSPS) is 11.7. The lowest BCUT2D eigenvalue weighted by Gasteiger charge is -2.05. The molecular weight excluding hydrogens is 294 g/mol. The molecule has 2 heterocycles. The number of aryl methyl sites for hydroxylation is 2. The van der Waals surface area contributed by atoms with Gasteiger partial charge in [-0.05, 0) is 37.6 Å². The zero-order valence-corrected chi connectivity index (χ0v) is 12.0. The Labute approximate surface area is 113 Å². The molecule has 0 saturated heterocycles. The average Bonchev–Trinajstić information content (AvgIpc) is 2.63. The fourth-order valence-electron chi connectivity index (χ4n) is 1.72. The van der Waals surface area contributed by atoms with Crippen molar-refractivity contribution < 1.29 is 8.42 Å². The van der Waals surface area contributed by atoms with E-state index in [2.05, 4.69) is 4.98 Å². The summed E-state index contributed by atoms with van der Waals surface area (Å²) in [6, 6.07) is 4.53. The van der Waals surface area contributed by atoms with Crippen molar-refractivity contribution in [3.63, 3.8) is 0 Å². The number of aromatic amines is 1. The van der Waals surface area contributed by atoms with Crippen LogP contribution in [0.2, 0.25) is 4.34 Å². The Bertz CT molecular complexity index is 759. The van der Waals surface area contributed by atoms with Crippen molar-refractivity contribution in [2.75, 3.05) is 0 Å². The second kappa shape index (κ2) is 4.53. The van der Waals surface area contributed by atoms with Crippen molar-refractivity contribution in [2.24, 2.45) is 0 Å². The van der Waals surface area contributed by atoms with Gasteiger partial charge in [0.1, 0.15) is 9.10 Å². The number of sulfone groups is 1. The lowest BCUT2D eigenvalue weighted by molar-refractivity contribution is 0.596. The number of nitrogens with one attached hydrogen (secondary N) is 1. The first-order valence-corrected chi connectivity index (χ1v) is 7.71. The van der Waals surface area contributed by atoms with E-state index in [1.807, 2.05) is 0 Å². The lowest BCUT2D eigenvalue weighted by atomic mass is 10.2. The van der Waals surface area contributed by atoms with Crippen molar-refractivity contribution in [2.45, 2.75) is 23.0 Å². The largest absolute Gasteiger partial charge is 0.325 e. The molecule has 0 aliphatic heterocycles. The molecule has 0 spiro atoms. The Balaban J connectivity index is 2.73. The van der Waals surface area contributed by atoms with Gasteiger partial charge in [-0.15, -0.1) is 11.3 Å². The molecule has 0 radical (unpaired) electrons. The Morgan fingerprint density at radius 1 is 1.28 bits per heavy atom. The molecule has 0 fully saturated rings. The van der Waals surface area contributed by atoms with E-state index >= 15 is 0 Å². The molecule has 0 aliphatic rings. The molecular formula is C11H10ClNO3S2. The standard InChI is InChI=1S/C11H10ClNO3S2/c1-6-5-7(2)13-11(14)10(6)18(15,16)9-4-3-8(12)17-9/h3-5H,1-2H3,(H,13,14). The van der Waals surface area contributed by atoms with E-state index < -0.39 is 15.4 Å². The van der Waals surface area contributed by atoms with E-state index in [-0.39, 0.29) is 9.10 Å². The highest BCUT2D eigenvalue weighted by atomic mass is 35.5. The summed E-state index contributed by atoms with van der Waals surface area (Å²) in [5.74, 6) is 0. The third kappa shape index (κ3) is 2.23. The summed E-state index contributed by atoms with van der Waals surface area (Å²) >= 11 is 6.66.